The number of aryl methyl sites for hydroxylation is 2. The van der Waals surface area contributed by atoms with E-state index in [4.69, 9.17) is 0 Å². The molecular weight excluding hydrogens is 366 g/mol. The van der Waals surface area contributed by atoms with E-state index < -0.39 is 0 Å². The highest BCUT2D eigenvalue weighted by atomic mass is 79.9. The topological polar surface area (TPSA) is 45.5 Å². The average Bonchev–Trinajstić information content (AvgIpc) is 2.98. The van der Waals surface area contributed by atoms with Gasteiger partial charge in [-0.25, -0.2) is 4.98 Å². The predicted octanol–water partition coefficient (Wildman–Crippen LogP) is 3.44. The molecule has 0 radical (unpaired) electrons. The van der Waals surface area contributed by atoms with Gasteiger partial charge in [0.2, 0.25) is 0 Å². The molecule has 1 aromatic carbocycles. The molecule has 6 heteroatoms. The van der Waals surface area contributed by atoms with Crippen molar-refractivity contribution in [2.45, 2.75) is 32.9 Å². The van der Waals surface area contributed by atoms with Crippen LogP contribution in [-0.2, 0) is 13.1 Å². The van der Waals surface area contributed by atoms with Gasteiger partial charge >= 0.3 is 0 Å². The number of rotatable bonds is 7. The van der Waals surface area contributed by atoms with Crippen LogP contribution in [-0.4, -0.2) is 41.1 Å². The fourth-order valence-electron chi connectivity index (χ4n) is 2.59. The smallest absolute Gasteiger partial charge is 0.193 e. The van der Waals surface area contributed by atoms with Crippen LogP contribution >= 0.6 is 15.9 Å². The summed E-state index contributed by atoms with van der Waals surface area (Å²) in [5.41, 5.74) is 1.25. The van der Waals surface area contributed by atoms with Crippen molar-refractivity contribution in [2.24, 2.45) is 4.99 Å². The molecule has 5 nitrogen and oxygen atoms in total. The first-order chi connectivity index (χ1) is 11.6. The molecule has 24 heavy (non-hydrogen) atoms. The van der Waals surface area contributed by atoms with Crippen LogP contribution in [0.4, 0.5) is 0 Å². The van der Waals surface area contributed by atoms with Crippen LogP contribution in [0.3, 0.4) is 0 Å². The zero-order chi connectivity index (χ0) is 17.4. The third-order valence-corrected chi connectivity index (χ3v) is 4.74. The minimum absolute atomic E-state index is 0.815. The summed E-state index contributed by atoms with van der Waals surface area (Å²) < 4.78 is 3.32. The van der Waals surface area contributed by atoms with Gasteiger partial charge in [0.15, 0.2) is 5.96 Å². The van der Waals surface area contributed by atoms with E-state index in [1.54, 1.807) is 0 Å². The highest BCUT2D eigenvalue weighted by molar-refractivity contribution is 9.10. The number of nitrogens with one attached hydrogen (secondary N) is 1. The predicted molar refractivity (Wildman–Crippen MR) is 103 cm³/mol. The monoisotopic (exact) mass is 391 g/mol. The lowest BCUT2D eigenvalue weighted by Gasteiger charge is -2.22. The second kappa shape index (κ2) is 9.47. The van der Waals surface area contributed by atoms with Crippen molar-refractivity contribution in [3.63, 3.8) is 0 Å². The van der Waals surface area contributed by atoms with E-state index in [1.165, 1.54) is 5.56 Å². The Bertz CT molecular complexity index is 665. The minimum atomic E-state index is 0.815. The van der Waals surface area contributed by atoms with Crippen LogP contribution in [0, 0.1) is 6.92 Å². The number of benzene rings is 1. The number of hydrogen-bond donors (Lipinski definition) is 1. The van der Waals surface area contributed by atoms with Gasteiger partial charge < -0.3 is 14.8 Å². The van der Waals surface area contributed by atoms with E-state index in [-0.39, 0.29) is 0 Å². The zero-order valence-electron chi connectivity index (χ0n) is 14.7. The highest BCUT2D eigenvalue weighted by Gasteiger charge is 2.08. The summed E-state index contributed by atoms with van der Waals surface area (Å²) in [6.07, 6.45) is 6.11. The molecule has 1 heterocycles. The van der Waals surface area contributed by atoms with E-state index in [2.05, 4.69) is 65.9 Å². The molecule has 0 aliphatic carbocycles. The maximum Gasteiger partial charge on any atom is 0.193 e. The molecular formula is C18H26BrN5. The average molecular weight is 392 g/mol. The van der Waals surface area contributed by atoms with Crippen molar-refractivity contribution in [1.29, 1.82) is 0 Å². The third kappa shape index (κ3) is 5.37. The van der Waals surface area contributed by atoms with E-state index in [0.29, 0.717) is 0 Å². The fourth-order valence-corrected chi connectivity index (χ4v) is 3.00. The Morgan fingerprint density at radius 3 is 2.79 bits per heavy atom. The maximum atomic E-state index is 4.38. The summed E-state index contributed by atoms with van der Waals surface area (Å²) in [6, 6.07) is 8.28. The van der Waals surface area contributed by atoms with E-state index >= 15 is 0 Å². The lowest BCUT2D eigenvalue weighted by Crippen LogP contribution is -2.39. The van der Waals surface area contributed by atoms with E-state index in [9.17, 15) is 0 Å². The number of aromatic nitrogens is 2. The lowest BCUT2D eigenvalue weighted by molar-refractivity contribution is 0.472. The van der Waals surface area contributed by atoms with Gasteiger partial charge in [-0.05, 0) is 31.4 Å². The van der Waals surface area contributed by atoms with Crippen molar-refractivity contribution >= 4 is 21.9 Å². The van der Waals surface area contributed by atoms with Crippen LogP contribution in [0.5, 0.6) is 0 Å². The minimum Gasteiger partial charge on any atom is -0.356 e. The Hall–Kier alpha value is -1.82. The molecule has 1 aromatic heterocycles. The largest absolute Gasteiger partial charge is 0.356 e. The summed E-state index contributed by atoms with van der Waals surface area (Å²) in [5.74, 6) is 2.00. The van der Waals surface area contributed by atoms with Crippen LogP contribution in [0.2, 0.25) is 0 Å². The van der Waals surface area contributed by atoms with Crippen molar-refractivity contribution in [3.05, 3.63) is 52.5 Å². The Balaban J connectivity index is 1.73. The van der Waals surface area contributed by atoms with Crippen molar-refractivity contribution in [2.75, 3.05) is 20.6 Å². The summed E-state index contributed by atoms with van der Waals surface area (Å²) in [4.78, 5) is 10.8. The van der Waals surface area contributed by atoms with Gasteiger partial charge in [-0.2, -0.15) is 0 Å². The molecule has 0 fully saturated rings. The first-order valence-electron chi connectivity index (χ1n) is 8.24. The Morgan fingerprint density at radius 2 is 2.12 bits per heavy atom. The standard InChI is InChI=1S/C18H26BrN5/c1-15-21-11-13-24(15)12-7-6-10-22-18(20-2)23(3)14-16-8-4-5-9-17(16)19/h4-5,8-9,11,13H,6-7,10,12,14H2,1-3H3,(H,20,22). The summed E-state index contributed by atoms with van der Waals surface area (Å²) in [5, 5.41) is 3.44. The molecule has 0 atom stereocenters. The second-order valence-electron chi connectivity index (χ2n) is 5.80. The second-order valence-corrected chi connectivity index (χ2v) is 6.65. The van der Waals surface area contributed by atoms with E-state index in [0.717, 1.165) is 48.7 Å². The first kappa shape index (κ1) is 18.5. The van der Waals surface area contributed by atoms with Gasteiger partial charge in [-0.1, -0.05) is 34.1 Å². The molecule has 0 amide bonds. The molecule has 0 bridgehead atoms. The number of aliphatic imine (C=N–C) groups is 1. The number of hydrogen-bond acceptors (Lipinski definition) is 2. The molecule has 0 spiro atoms. The van der Waals surface area contributed by atoms with Gasteiger partial charge in [0.1, 0.15) is 5.82 Å². The third-order valence-electron chi connectivity index (χ3n) is 3.97. The van der Waals surface area contributed by atoms with Crippen molar-refractivity contribution in [3.8, 4) is 0 Å². The molecule has 0 saturated carbocycles. The number of unbranched alkanes of at least 4 members (excludes halogenated alkanes) is 1. The highest BCUT2D eigenvalue weighted by Crippen LogP contribution is 2.17. The maximum absolute atomic E-state index is 4.38. The molecule has 0 aliphatic rings. The molecule has 2 rings (SSSR count). The molecule has 0 unspecified atom stereocenters. The molecule has 1 N–H and O–H groups in total. The SMILES string of the molecule is CN=C(NCCCCn1ccnc1C)N(C)Cc1ccccc1Br. The van der Waals surface area contributed by atoms with Gasteiger partial charge in [0.05, 0.1) is 0 Å². The molecule has 0 saturated heterocycles. The fraction of sp³-hybridized carbons (Fsp3) is 0.444. The van der Waals surface area contributed by atoms with Gasteiger partial charge in [0, 0.05) is 50.6 Å². The first-order valence-corrected chi connectivity index (χ1v) is 9.04. The van der Waals surface area contributed by atoms with Crippen LogP contribution in [0.1, 0.15) is 24.2 Å². The van der Waals surface area contributed by atoms with Gasteiger partial charge in [-0.15, -0.1) is 0 Å². The molecule has 0 aliphatic heterocycles. The Morgan fingerprint density at radius 1 is 1.33 bits per heavy atom. The van der Waals surface area contributed by atoms with E-state index in [1.807, 2.05) is 32.4 Å². The number of nitrogens with zero attached hydrogens (tertiary/aromatic N) is 4. The molecule has 2 aromatic rings. The number of guanidine groups is 1. The van der Waals surface area contributed by atoms with Gasteiger partial charge in [0.25, 0.3) is 0 Å². The van der Waals surface area contributed by atoms with Crippen molar-refractivity contribution < 1.29 is 0 Å². The summed E-state index contributed by atoms with van der Waals surface area (Å²) >= 11 is 3.60. The molecule has 130 valence electrons. The normalized spacial score (nSPS) is 11.6. The van der Waals surface area contributed by atoms with Crippen LogP contribution in [0.15, 0.2) is 46.1 Å². The van der Waals surface area contributed by atoms with Crippen LogP contribution in [0.25, 0.3) is 0 Å². The number of halogens is 1. The number of imidazole rings is 1. The summed E-state index contributed by atoms with van der Waals surface area (Å²) in [6.45, 7) is 4.78. The van der Waals surface area contributed by atoms with Crippen molar-refractivity contribution in [1.82, 2.24) is 19.8 Å². The lowest BCUT2D eigenvalue weighted by atomic mass is 10.2. The Labute approximate surface area is 152 Å². The quantitative estimate of drug-likeness (QED) is 0.446. The van der Waals surface area contributed by atoms with Crippen LogP contribution < -0.4 is 5.32 Å². The zero-order valence-corrected chi connectivity index (χ0v) is 16.3. The van der Waals surface area contributed by atoms with Gasteiger partial charge in [-0.3, -0.25) is 4.99 Å². The Kier molecular flexibility index (Phi) is 7.31. The summed E-state index contributed by atoms with van der Waals surface area (Å²) in [7, 11) is 3.89.